The number of rotatable bonds is 53. The van der Waals surface area contributed by atoms with Crippen molar-refractivity contribution < 1.29 is 77.3 Å². The monoisotopic (exact) mass is 1790 g/mol. The van der Waals surface area contributed by atoms with E-state index in [1.807, 2.05) is 27.7 Å². The fourth-order valence-corrected chi connectivity index (χ4v) is 13.7. The van der Waals surface area contributed by atoms with Gasteiger partial charge in [-0.3, -0.25) is 87.1 Å². The number of amides is 14. The molecule has 2 aliphatic rings. The van der Waals surface area contributed by atoms with Crippen LogP contribution >= 0.6 is 0 Å². The molecule has 2 aliphatic heterocycles. The van der Waals surface area contributed by atoms with Crippen LogP contribution in [0, 0.1) is 23.7 Å². The highest BCUT2D eigenvalue weighted by Crippen LogP contribution is 2.24. The van der Waals surface area contributed by atoms with Crippen LogP contribution in [0.3, 0.4) is 0 Å². The maximum absolute atomic E-state index is 14.1. The molecule has 38 N–H and O–H groups in total. The summed E-state index contributed by atoms with van der Waals surface area (Å²) in [6.07, 6.45) is 5.26. The molecule has 0 aromatic heterocycles. The molecule has 710 valence electrons. The quantitative estimate of drug-likeness (QED) is 0.0166. The van der Waals surface area contributed by atoms with E-state index in [2.05, 4.69) is 73.1 Å². The zero-order valence-electron chi connectivity index (χ0n) is 74.5. The van der Waals surface area contributed by atoms with Crippen LogP contribution in [-0.2, 0) is 80.0 Å². The molecule has 0 spiro atoms. The van der Waals surface area contributed by atoms with E-state index < -0.39 is 179 Å². The van der Waals surface area contributed by atoms with Gasteiger partial charge < -0.3 is 148 Å². The normalized spacial score (nSPS) is 16.3. The Morgan fingerprint density at radius 2 is 0.661 bits per heavy atom. The lowest BCUT2D eigenvalue weighted by Gasteiger charge is -2.30. The highest BCUT2D eigenvalue weighted by Gasteiger charge is 2.42. The van der Waals surface area contributed by atoms with Gasteiger partial charge in [-0.2, -0.15) is 0 Å². The number of aromatic hydroxyl groups is 2. The van der Waals surface area contributed by atoms with Crippen molar-refractivity contribution in [1.82, 2.24) is 63.0 Å². The SMILES string of the molecule is CC(C)CCC(NC(=O)C(C)NC(=O)C(Cc1ccc(O)cc1)NC(=O)C(NC(=O)C(CCCN=C(N)N)NC(=O)C1CCCN1C(=O)C(N)CCCN=C(N)N)C(C)C)C(N)=O.CC(C)CCC(NC(=O)C(CN)NC(=O)C(Cc1ccc(O)cc1)NC(=O)C(NC(=O)C(CCCN=C(N)N)NC(=O)C1CCCN1C(=O)C(N)CCCN=C(N)N)C(C)C)C(N)=O. The van der Waals surface area contributed by atoms with Crippen molar-refractivity contribution in [3.8, 4) is 11.5 Å². The summed E-state index contributed by atoms with van der Waals surface area (Å²) in [5.41, 5.74) is 73.8. The number of guanidine groups is 4. The number of nitrogens with two attached hydrogens (primary N) is 13. The standard InChI is InChI=1S/C41H71N15O8.C41H70N14O8/c1-22(2)11-16-27(33(44)58)51-36(61)30(21-42)54-35(60)29(20-24-12-14-25(57)15-13-24)53-38(63)32(23(3)4)55-34(59)28(9-6-18-50-41(47)48)52-37(62)31-10-7-19-56(31)39(64)26(43)8-5-17-49-40(45)46;1-22(2)12-17-28(33(43)57)51-34(58)24(5)50-36(60)30(21-25-13-15-26(56)16-14-25)53-38(62)32(23(3)4)54-35(59)29(10-7-19-49-41(46)47)52-37(61)31-11-8-20-55(31)39(63)27(42)9-6-18-48-40(44)45/h12-15,22-23,26-32,57H,5-11,16-21,42-43H2,1-4H3,(H2,44,58)(H,51,61)(H,52,62)(H,53,63)(H,54,60)(H,55,59)(H4,45,46,49)(H4,47,48,50);13-16,22-24,27-32,56H,6-12,17-21,42H2,1-5H3,(H2,43,57)(H,50,60)(H,51,58)(H,52,61)(H,53,62)(H,54,59)(H4,44,45,48)(H4,46,47,49). The van der Waals surface area contributed by atoms with Crippen molar-refractivity contribution >= 4 is 107 Å². The van der Waals surface area contributed by atoms with E-state index in [4.69, 9.17) is 74.5 Å². The molecule has 45 nitrogen and oxygen atoms in total. The predicted molar refractivity (Wildman–Crippen MR) is 479 cm³/mol. The number of carbonyl (C=O) groups is 14. The lowest BCUT2D eigenvalue weighted by Crippen LogP contribution is -2.61. The molecule has 14 unspecified atom stereocenters. The summed E-state index contributed by atoms with van der Waals surface area (Å²) >= 11 is 0. The Balaban J connectivity index is 0.000000655. The topological polar surface area (TPSA) is 794 Å². The summed E-state index contributed by atoms with van der Waals surface area (Å²) in [6, 6.07) is -3.84. The van der Waals surface area contributed by atoms with Crippen molar-refractivity contribution in [1.29, 1.82) is 0 Å². The molecule has 0 saturated carbocycles. The van der Waals surface area contributed by atoms with Crippen LogP contribution in [-0.4, -0.2) is 257 Å². The molecule has 0 radical (unpaired) electrons. The van der Waals surface area contributed by atoms with Gasteiger partial charge in [-0.1, -0.05) is 79.7 Å². The summed E-state index contributed by atoms with van der Waals surface area (Å²) in [5.74, 6) is -10.7. The van der Waals surface area contributed by atoms with Gasteiger partial charge in [-0.25, -0.2) is 0 Å². The molecular weight excluding hydrogens is 1650 g/mol. The summed E-state index contributed by atoms with van der Waals surface area (Å²) in [7, 11) is 0. The third-order valence-electron chi connectivity index (χ3n) is 20.9. The van der Waals surface area contributed by atoms with Gasteiger partial charge in [0.05, 0.1) is 12.1 Å². The molecule has 0 aliphatic carbocycles. The Morgan fingerprint density at radius 3 is 0.976 bits per heavy atom. The number of nitrogens with zero attached hydrogens (tertiary/aromatic N) is 6. The Kier molecular flexibility index (Phi) is 47.8. The van der Waals surface area contributed by atoms with E-state index in [0.717, 1.165) is 0 Å². The lowest BCUT2D eigenvalue weighted by molar-refractivity contribution is -0.141. The zero-order chi connectivity index (χ0) is 95.5. The summed E-state index contributed by atoms with van der Waals surface area (Å²) < 4.78 is 0. The van der Waals surface area contributed by atoms with Crippen molar-refractivity contribution in [2.75, 3.05) is 45.8 Å². The van der Waals surface area contributed by atoms with Gasteiger partial charge in [-0.05, 0) is 169 Å². The molecule has 0 bridgehead atoms. The van der Waals surface area contributed by atoms with Gasteiger partial charge in [0, 0.05) is 58.7 Å². The highest BCUT2D eigenvalue weighted by molar-refractivity contribution is 6.00. The Hall–Kier alpha value is -12.4. The maximum Gasteiger partial charge on any atom is 0.244 e. The van der Waals surface area contributed by atoms with Crippen LogP contribution in [0.1, 0.15) is 176 Å². The van der Waals surface area contributed by atoms with Crippen LogP contribution < -0.4 is 128 Å². The van der Waals surface area contributed by atoms with Crippen molar-refractivity contribution in [2.24, 2.45) is 118 Å². The average Bonchev–Trinajstić information content (AvgIpc) is 1.76. The summed E-state index contributed by atoms with van der Waals surface area (Å²) in [4.78, 5) is 207. The van der Waals surface area contributed by atoms with Gasteiger partial charge in [0.15, 0.2) is 23.8 Å². The number of aliphatic imine (C=N–C) groups is 4. The van der Waals surface area contributed by atoms with Crippen LogP contribution in [0.15, 0.2) is 68.5 Å². The molecule has 14 amide bonds. The summed E-state index contributed by atoms with van der Waals surface area (Å²) in [6.45, 7) is 16.9. The smallest absolute Gasteiger partial charge is 0.244 e. The first-order valence-electron chi connectivity index (χ1n) is 43.0. The number of benzene rings is 2. The minimum atomic E-state index is -1.34. The van der Waals surface area contributed by atoms with E-state index >= 15 is 0 Å². The number of phenolic OH excluding ortho intramolecular Hbond substituents is 2. The maximum atomic E-state index is 14.1. The van der Waals surface area contributed by atoms with E-state index in [1.165, 1.54) is 41.0 Å². The molecule has 2 heterocycles. The molecular formula is C82H141N29O16. The number of carbonyl (C=O) groups excluding carboxylic acids is 14. The van der Waals surface area contributed by atoms with E-state index in [-0.39, 0.29) is 151 Å². The second-order valence-corrected chi connectivity index (χ2v) is 33.2. The predicted octanol–water partition coefficient (Wildman–Crippen LogP) is -6.30. The molecule has 14 atom stereocenters. The number of likely N-dealkylation sites (tertiary alicyclic amines) is 2. The van der Waals surface area contributed by atoms with E-state index in [1.54, 1.807) is 52.0 Å². The van der Waals surface area contributed by atoms with Gasteiger partial charge >= 0.3 is 0 Å². The highest BCUT2D eigenvalue weighted by atomic mass is 16.3. The van der Waals surface area contributed by atoms with Crippen LogP contribution in [0.25, 0.3) is 0 Å². The Labute approximate surface area is 741 Å². The van der Waals surface area contributed by atoms with Crippen molar-refractivity contribution in [3.05, 3.63) is 59.7 Å². The molecule has 2 fully saturated rings. The second-order valence-electron chi connectivity index (χ2n) is 33.2. The first kappa shape index (κ1) is 109. The van der Waals surface area contributed by atoms with Gasteiger partial charge in [0.2, 0.25) is 82.7 Å². The number of hydrogen-bond acceptors (Lipinski definition) is 23. The number of phenols is 2. The third-order valence-corrected chi connectivity index (χ3v) is 20.9. The molecule has 2 saturated heterocycles. The minimum Gasteiger partial charge on any atom is -0.508 e. The fraction of sp³-hybridized carbons (Fsp3) is 0.634. The Bertz CT molecular complexity index is 4060. The minimum absolute atomic E-state index is 0.0233. The van der Waals surface area contributed by atoms with Gasteiger partial charge in [0.25, 0.3) is 0 Å². The lowest BCUT2D eigenvalue weighted by atomic mass is 9.99. The molecule has 2 aromatic rings. The molecule has 45 heteroatoms. The van der Waals surface area contributed by atoms with Crippen LogP contribution in [0.4, 0.5) is 0 Å². The zero-order valence-corrected chi connectivity index (χ0v) is 74.5. The van der Waals surface area contributed by atoms with E-state index in [0.29, 0.717) is 68.9 Å². The Morgan fingerprint density at radius 1 is 0.362 bits per heavy atom. The van der Waals surface area contributed by atoms with Gasteiger partial charge in [0.1, 0.15) is 84.0 Å². The molecule has 2 aromatic carbocycles. The van der Waals surface area contributed by atoms with Crippen LogP contribution in [0.2, 0.25) is 0 Å². The largest absolute Gasteiger partial charge is 0.508 e. The number of nitrogens with one attached hydrogen (secondary N) is 10. The van der Waals surface area contributed by atoms with Gasteiger partial charge in [-0.15, -0.1) is 0 Å². The van der Waals surface area contributed by atoms with Crippen molar-refractivity contribution in [3.63, 3.8) is 0 Å². The third kappa shape index (κ3) is 40.2. The first-order chi connectivity index (χ1) is 59.7. The molecule has 127 heavy (non-hydrogen) atoms. The first-order valence-corrected chi connectivity index (χ1v) is 43.0. The second kappa shape index (κ2) is 55.8. The number of hydrogen-bond donors (Lipinski definition) is 25. The van der Waals surface area contributed by atoms with Crippen molar-refractivity contribution in [2.45, 2.75) is 262 Å². The van der Waals surface area contributed by atoms with E-state index in [9.17, 15) is 77.3 Å². The summed E-state index contributed by atoms with van der Waals surface area (Å²) in [5, 5.41) is 46.3. The molecule has 4 rings (SSSR count). The van der Waals surface area contributed by atoms with Crippen LogP contribution in [0.5, 0.6) is 11.5 Å². The average molecular weight is 1790 g/mol. The number of primary amides is 2. The fourth-order valence-electron chi connectivity index (χ4n) is 13.7.